The molecule has 0 fully saturated rings. The predicted octanol–water partition coefficient (Wildman–Crippen LogP) is 2.74. The van der Waals surface area contributed by atoms with E-state index in [2.05, 4.69) is 26.6 Å². The molecule has 8 heteroatoms. The average molecular weight is 427 g/mol. The molecule has 0 aliphatic heterocycles. The standard InChI is InChI=1S/C18H27BrN4O3/c1-4-5-14(15(20)24)18(16(21)25,10-11(2)3)23-17(26)22-13-8-6-12(19)7-9-13/h6-9,11,14H,4-5,10H2,1-3H3,(H2,20,24)(H2,21,25)(H2,22,23,26)/t14-,18+/m1/s1. The van der Waals surface area contributed by atoms with Crippen LogP contribution in [0.25, 0.3) is 0 Å². The molecule has 1 aromatic rings. The van der Waals surface area contributed by atoms with Crippen LogP contribution in [0.4, 0.5) is 10.5 Å². The minimum Gasteiger partial charge on any atom is -0.369 e. The van der Waals surface area contributed by atoms with Crippen molar-refractivity contribution < 1.29 is 14.4 Å². The molecule has 6 N–H and O–H groups in total. The minimum atomic E-state index is -1.55. The molecule has 0 aliphatic rings. The summed E-state index contributed by atoms with van der Waals surface area (Å²) in [5.74, 6) is -2.30. The zero-order valence-corrected chi connectivity index (χ0v) is 16.9. The number of urea groups is 1. The molecule has 0 radical (unpaired) electrons. The smallest absolute Gasteiger partial charge is 0.320 e. The Balaban J connectivity index is 3.17. The van der Waals surface area contributed by atoms with Crippen molar-refractivity contribution in [1.29, 1.82) is 0 Å². The predicted molar refractivity (Wildman–Crippen MR) is 105 cm³/mol. The molecular weight excluding hydrogens is 400 g/mol. The van der Waals surface area contributed by atoms with Gasteiger partial charge in [0, 0.05) is 10.2 Å². The number of halogens is 1. The first-order valence-electron chi connectivity index (χ1n) is 8.56. The van der Waals surface area contributed by atoms with Crippen LogP contribution in [0.5, 0.6) is 0 Å². The summed E-state index contributed by atoms with van der Waals surface area (Å²) in [4.78, 5) is 36.9. The van der Waals surface area contributed by atoms with Gasteiger partial charge >= 0.3 is 6.03 Å². The fourth-order valence-corrected chi connectivity index (χ4v) is 3.34. The largest absolute Gasteiger partial charge is 0.369 e. The number of hydrogen-bond donors (Lipinski definition) is 4. The van der Waals surface area contributed by atoms with Crippen molar-refractivity contribution in [1.82, 2.24) is 5.32 Å². The monoisotopic (exact) mass is 426 g/mol. The van der Waals surface area contributed by atoms with Crippen LogP contribution in [0.3, 0.4) is 0 Å². The normalized spacial score (nSPS) is 14.3. The van der Waals surface area contributed by atoms with Crippen molar-refractivity contribution in [3.63, 3.8) is 0 Å². The fraction of sp³-hybridized carbons (Fsp3) is 0.500. The highest BCUT2D eigenvalue weighted by atomic mass is 79.9. The van der Waals surface area contributed by atoms with Gasteiger partial charge in [-0.15, -0.1) is 0 Å². The van der Waals surface area contributed by atoms with Gasteiger partial charge in [0.1, 0.15) is 5.54 Å². The molecule has 7 nitrogen and oxygen atoms in total. The van der Waals surface area contributed by atoms with E-state index < -0.39 is 29.3 Å². The van der Waals surface area contributed by atoms with Crippen molar-refractivity contribution in [2.24, 2.45) is 23.3 Å². The molecule has 1 aromatic carbocycles. The van der Waals surface area contributed by atoms with Gasteiger partial charge in [0.25, 0.3) is 0 Å². The third kappa shape index (κ3) is 5.72. The molecular formula is C18H27BrN4O3. The van der Waals surface area contributed by atoms with Crippen molar-refractivity contribution >= 4 is 39.5 Å². The molecule has 0 bridgehead atoms. The third-order valence-corrected chi connectivity index (χ3v) is 4.65. The summed E-state index contributed by atoms with van der Waals surface area (Å²) < 4.78 is 0.867. The van der Waals surface area contributed by atoms with Crippen molar-refractivity contribution in [2.75, 3.05) is 5.32 Å². The number of rotatable bonds is 9. The molecule has 26 heavy (non-hydrogen) atoms. The molecule has 0 spiro atoms. The first-order chi connectivity index (χ1) is 12.1. The summed E-state index contributed by atoms with van der Waals surface area (Å²) in [6.45, 7) is 5.64. The third-order valence-electron chi connectivity index (χ3n) is 4.12. The van der Waals surface area contributed by atoms with E-state index >= 15 is 0 Å². The maximum Gasteiger partial charge on any atom is 0.320 e. The number of primary amides is 2. The summed E-state index contributed by atoms with van der Waals surface area (Å²) in [7, 11) is 0. The van der Waals surface area contributed by atoms with E-state index in [9.17, 15) is 14.4 Å². The lowest BCUT2D eigenvalue weighted by atomic mass is 9.74. The lowest BCUT2D eigenvalue weighted by Gasteiger charge is -2.38. The topological polar surface area (TPSA) is 127 Å². The number of benzene rings is 1. The minimum absolute atomic E-state index is 0.00851. The van der Waals surface area contributed by atoms with E-state index in [0.717, 1.165) is 4.47 Å². The van der Waals surface area contributed by atoms with Gasteiger partial charge in [-0.25, -0.2) is 4.79 Å². The summed E-state index contributed by atoms with van der Waals surface area (Å²) >= 11 is 3.32. The maximum absolute atomic E-state index is 12.5. The molecule has 0 aromatic heterocycles. The van der Waals surface area contributed by atoms with E-state index in [0.29, 0.717) is 18.5 Å². The zero-order valence-electron chi connectivity index (χ0n) is 15.3. The van der Waals surface area contributed by atoms with Crippen LogP contribution in [0.15, 0.2) is 28.7 Å². The highest BCUT2D eigenvalue weighted by Gasteiger charge is 2.48. The van der Waals surface area contributed by atoms with Crippen LogP contribution in [0, 0.1) is 11.8 Å². The quantitative estimate of drug-likeness (QED) is 0.484. The maximum atomic E-state index is 12.5. The molecule has 0 saturated carbocycles. The molecule has 0 saturated heterocycles. The Hall–Kier alpha value is -2.09. The molecule has 0 aliphatic carbocycles. The lowest BCUT2D eigenvalue weighted by molar-refractivity contribution is -0.135. The average Bonchev–Trinajstić information content (AvgIpc) is 2.53. The van der Waals surface area contributed by atoms with Gasteiger partial charge in [-0.05, 0) is 43.0 Å². The summed E-state index contributed by atoms with van der Waals surface area (Å²) in [6.07, 6.45) is 1.18. The van der Waals surface area contributed by atoms with Crippen LogP contribution < -0.4 is 22.1 Å². The molecule has 144 valence electrons. The van der Waals surface area contributed by atoms with Crippen LogP contribution in [-0.2, 0) is 9.59 Å². The molecule has 2 atom stereocenters. The number of carbonyl (C=O) groups excluding carboxylic acids is 3. The van der Waals surface area contributed by atoms with Crippen LogP contribution in [0.1, 0.15) is 40.0 Å². The Bertz CT molecular complexity index is 648. The van der Waals surface area contributed by atoms with Gasteiger partial charge in [0.15, 0.2) is 0 Å². The van der Waals surface area contributed by atoms with E-state index in [1.54, 1.807) is 24.3 Å². The van der Waals surface area contributed by atoms with E-state index in [1.165, 1.54) is 0 Å². The van der Waals surface area contributed by atoms with Crippen LogP contribution in [-0.4, -0.2) is 23.4 Å². The first kappa shape index (κ1) is 22.0. The first-order valence-corrected chi connectivity index (χ1v) is 9.35. The number of hydrogen-bond acceptors (Lipinski definition) is 3. The fourth-order valence-electron chi connectivity index (χ4n) is 3.08. The van der Waals surface area contributed by atoms with Gasteiger partial charge in [-0.1, -0.05) is 43.1 Å². The van der Waals surface area contributed by atoms with Gasteiger partial charge < -0.3 is 22.1 Å². The van der Waals surface area contributed by atoms with Gasteiger partial charge in [0.2, 0.25) is 11.8 Å². The van der Waals surface area contributed by atoms with Gasteiger partial charge in [-0.2, -0.15) is 0 Å². The Labute approximate surface area is 162 Å². The SMILES string of the molecule is CCC[C@H](C(N)=O)[C@](CC(C)C)(NC(=O)Nc1ccc(Br)cc1)C(N)=O. The molecule has 4 amide bonds. The van der Waals surface area contributed by atoms with Gasteiger partial charge in [-0.3, -0.25) is 9.59 Å². The van der Waals surface area contributed by atoms with Crippen molar-refractivity contribution in [3.05, 3.63) is 28.7 Å². The molecule has 0 unspecified atom stereocenters. The Morgan fingerprint density at radius 3 is 2.15 bits per heavy atom. The Morgan fingerprint density at radius 2 is 1.73 bits per heavy atom. The Kier molecular flexibility index (Phi) is 8.08. The highest BCUT2D eigenvalue weighted by Crippen LogP contribution is 2.29. The summed E-state index contributed by atoms with van der Waals surface area (Å²) in [5.41, 5.74) is 10.2. The second-order valence-electron chi connectivity index (χ2n) is 6.76. The number of amides is 4. The molecule has 0 heterocycles. The second kappa shape index (κ2) is 9.56. The second-order valence-corrected chi connectivity index (χ2v) is 7.68. The number of carbonyl (C=O) groups is 3. The summed E-state index contributed by atoms with van der Waals surface area (Å²) in [6, 6.07) is 6.34. The lowest BCUT2D eigenvalue weighted by Crippen LogP contribution is -2.65. The summed E-state index contributed by atoms with van der Waals surface area (Å²) in [5, 5.41) is 5.31. The Morgan fingerprint density at radius 1 is 1.15 bits per heavy atom. The van der Waals surface area contributed by atoms with E-state index in [-0.39, 0.29) is 12.3 Å². The highest BCUT2D eigenvalue weighted by molar-refractivity contribution is 9.10. The van der Waals surface area contributed by atoms with Crippen molar-refractivity contribution in [2.45, 2.75) is 45.6 Å². The number of nitrogens with two attached hydrogens (primary N) is 2. The number of nitrogens with one attached hydrogen (secondary N) is 2. The van der Waals surface area contributed by atoms with Crippen molar-refractivity contribution in [3.8, 4) is 0 Å². The van der Waals surface area contributed by atoms with Gasteiger partial charge in [0.05, 0.1) is 5.92 Å². The number of anilines is 1. The zero-order chi connectivity index (χ0) is 19.9. The van der Waals surface area contributed by atoms with Crippen LogP contribution >= 0.6 is 15.9 Å². The van der Waals surface area contributed by atoms with E-state index in [1.807, 2.05) is 20.8 Å². The van der Waals surface area contributed by atoms with Crippen LogP contribution in [0.2, 0.25) is 0 Å². The van der Waals surface area contributed by atoms with E-state index in [4.69, 9.17) is 11.5 Å². The molecule has 1 rings (SSSR count).